The van der Waals surface area contributed by atoms with Gasteiger partial charge in [-0.2, -0.15) is 5.10 Å². The number of rotatable bonds is 6. The lowest BCUT2D eigenvalue weighted by Gasteiger charge is -2.15. The zero-order valence-electron chi connectivity index (χ0n) is 12.8. The Balaban J connectivity index is 1.30. The summed E-state index contributed by atoms with van der Waals surface area (Å²) in [4.78, 5) is 6.85. The number of nitrogens with zero attached hydrogens (tertiary/aromatic N) is 3. The topological polar surface area (TPSA) is 56.8 Å². The molecule has 0 unspecified atom stereocenters. The fourth-order valence-corrected chi connectivity index (χ4v) is 3.42. The summed E-state index contributed by atoms with van der Waals surface area (Å²) in [5.41, 5.74) is 3.38. The summed E-state index contributed by atoms with van der Waals surface area (Å²) in [7, 11) is 0. The van der Waals surface area contributed by atoms with Gasteiger partial charge in [0.05, 0.1) is 11.9 Å². The molecule has 2 aromatic heterocycles. The van der Waals surface area contributed by atoms with Gasteiger partial charge in [0.15, 0.2) is 0 Å². The second kappa shape index (κ2) is 6.18. The Labute approximate surface area is 131 Å². The molecule has 0 radical (unpaired) electrons. The Morgan fingerprint density at radius 2 is 2.23 bits per heavy atom. The average Bonchev–Trinajstić information content (AvgIpc) is 3.12. The van der Waals surface area contributed by atoms with Crippen LogP contribution in [0.25, 0.3) is 11.3 Å². The summed E-state index contributed by atoms with van der Waals surface area (Å²) in [5.74, 6) is 0.800. The number of hydrogen-bond donors (Lipinski definition) is 2. The number of aromatic nitrogens is 3. The Morgan fingerprint density at radius 3 is 3.05 bits per heavy atom. The van der Waals surface area contributed by atoms with Crippen LogP contribution in [0.15, 0.2) is 30.7 Å². The maximum atomic E-state index is 4.19. The highest BCUT2D eigenvalue weighted by Gasteiger charge is 2.33. The highest BCUT2D eigenvalue weighted by molar-refractivity contribution is 5.61. The lowest BCUT2D eigenvalue weighted by Crippen LogP contribution is -2.27. The van der Waals surface area contributed by atoms with E-state index in [2.05, 4.69) is 31.5 Å². The van der Waals surface area contributed by atoms with Crippen molar-refractivity contribution in [2.45, 2.75) is 31.8 Å². The maximum Gasteiger partial charge on any atom is 0.0710 e. The van der Waals surface area contributed by atoms with E-state index in [4.69, 9.17) is 0 Å². The molecule has 22 heavy (non-hydrogen) atoms. The van der Waals surface area contributed by atoms with Crippen molar-refractivity contribution < 1.29 is 0 Å². The van der Waals surface area contributed by atoms with Crippen LogP contribution in [0.5, 0.6) is 0 Å². The van der Waals surface area contributed by atoms with Crippen molar-refractivity contribution in [2.24, 2.45) is 5.92 Å². The number of likely N-dealkylation sites (tertiary alicyclic amines) is 1. The lowest BCUT2D eigenvalue weighted by atomic mass is 10.1. The SMILES string of the molecule is c1cncc(-c2[nH]ncc2CNC[C@H]2CCN(C3CC3)C2)c1. The normalized spacial score (nSPS) is 22.3. The van der Waals surface area contributed by atoms with E-state index >= 15 is 0 Å². The fourth-order valence-electron chi connectivity index (χ4n) is 3.42. The molecular formula is C17H23N5. The molecule has 2 aliphatic rings. The summed E-state index contributed by atoms with van der Waals surface area (Å²) in [6, 6.07) is 4.93. The minimum absolute atomic E-state index is 0.800. The predicted molar refractivity (Wildman–Crippen MR) is 86.2 cm³/mol. The minimum atomic E-state index is 0.800. The third-order valence-electron chi connectivity index (χ3n) is 4.80. The average molecular weight is 297 g/mol. The molecule has 1 aliphatic carbocycles. The van der Waals surface area contributed by atoms with E-state index in [-0.39, 0.29) is 0 Å². The van der Waals surface area contributed by atoms with Gasteiger partial charge in [-0.25, -0.2) is 0 Å². The number of nitrogens with one attached hydrogen (secondary N) is 2. The van der Waals surface area contributed by atoms with Gasteiger partial charge in [0.1, 0.15) is 0 Å². The van der Waals surface area contributed by atoms with Crippen molar-refractivity contribution in [3.05, 3.63) is 36.3 Å². The van der Waals surface area contributed by atoms with E-state index in [0.29, 0.717) is 0 Å². The number of hydrogen-bond acceptors (Lipinski definition) is 4. The maximum absolute atomic E-state index is 4.19. The van der Waals surface area contributed by atoms with Gasteiger partial charge in [-0.15, -0.1) is 0 Å². The van der Waals surface area contributed by atoms with Gasteiger partial charge in [-0.05, 0) is 50.4 Å². The third kappa shape index (κ3) is 3.05. The van der Waals surface area contributed by atoms with E-state index in [1.165, 1.54) is 37.9 Å². The second-order valence-corrected chi connectivity index (χ2v) is 6.52. The first-order chi connectivity index (χ1) is 10.9. The highest BCUT2D eigenvalue weighted by Crippen LogP contribution is 2.31. The molecule has 1 aliphatic heterocycles. The van der Waals surface area contributed by atoms with Crippen molar-refractivity contribution in [3.8, 4) is 11.3 Å². The Bertz CT molecular complexity index is 605. The van der Waals surface area contributed by atoms with Crippen molar-refractivity contribution in [3.63, 3.8) is 0 Å². The fraction of sp³-hybridized carbons (Fsp3) is 0.529. The van der Waals surface area contributed by atoms with Crippen LogP contribution in [0, 0.1) is 5.92 Å². The van der Waals surface area contributed by atoms with Crippen molar-refractivity contribution >= 4 is 0 Å². The van der Waals surface area contributed by atoms with E-state index in [0.717, 1.165) is 36.3 Å². The molecule has 2 fully saturated rings. The van der Waals surface area contributed by atoms with Crippen molar-refractivity contribution in [2.75, 3.05) is 19.6 Å². The zero-order chi connectivity index (χ0) is 14.8. The van der Waals surface area contributed by atoms with Crippen LogP contribution < -0.4 is 5.32 Å². The predicted octanol–water partition coefficient (Wildman–Crippen LogP) is 2.05. The molecule has 0 amide bonds. The highest BCUT2D eigenvalue weighted by atomic mass is 15.2. The molecule has 2 N–H and O–H groups in total. The van der Waals surface area contributed by atoms with Crippen LogP contribution in [0.3, 0.4) is 0 Å². The zero-order valence-corrected chi connectivity index (χ0v) is 12.8. The Hall–Kier alpha value is -1.72. The van der Waals surface area contributed by atoms with Gasteiger partial charge in [-0.1, -0.05) is 0 Å². The van der Waals surface area contributed by atoms with Crippen LogP contribution in [0.1, 0.15) is 24.8 Å². The largest absolute Gasteiger partial charge is 0.312 e. The molecule has 0 bridgehead atoms. The molecule has 1 saturated carbocycles. The van der Waals surface area contributed by atoms with Gasteiger partial charge in [0, 0.05) is 42.7 Å². The number of pyridine rings is 1. The second-order valence-electron chi connectivity index (χ2n) is 6.52. The van der Waals surface area contributed by atoms with Gasteiger partial charge in [0.25, 0.3) is 0 Å². The van der Waals surface area contributed by atoms with E-state index in [1.54, 1.807) is 6.20 Å². The first kappa shape index (κ1) is 13.9. The number of H-pyrrole nitrogens is 1. The molecular weight excluding hydrogens is 274 g/mol. The molecule has 1 atom stereocenters. The van der Waals surface area contributed by atoms with Gasteiger partial charge in [-0.3, -0.25) is 10.1 Å². The summed E-state index contributed by atoms with van der Waals surface area (Å²) in [6.07, 6.45) is 9.77. The molecule has 0 aromatic carbocycles. The Kier molecular flexibility index (Phi) is 3.91. The number of aromatic amines is 1. The minimum Gasteiger partial charge on any atom is -0.312 e. The van der Waals surface area contributed by atoms with Gasteiger partial charge in [0.2, 0.25) is 0 Å². The standard InChI is InChI=1S/C17H23N5/c1-2-14(9-18-6-1)17-15(11-20-21-17)10-19-8-13-5-7-22(12-13)16-3-4-16/h1-2,6,9,11,13,16,19H,3-5,7-8,10,12H2,(H,20,21)/t13-/m1/s1. The van der Waals surface area contributed by atoms with E-state index in [1.807, 2.05) is 18.5 Å². The quantitative estimate of drug-likeness (QED) is 0.857. The third-order valence-corrected chi connectivity index (χ3v) is 4.80. The molecule has 5 heteroatoms. The molecule has 1 saturated heterocycles. The first-order valence-corrected chi connectivity index (χ1v) is 8.27. The molecule has 3 heterocycles. The van der Waals surface area contributed by atoms with Crippen LogP contribution >= 0.6 is 0 Å². The summed E-state index contributed by atoms with van der Waals surface area (Å²) in [6.45, 7) is 4.53. The molecule has 5 nitrogen and oxygen atoms in total. The van der Waals surface area contributed by atoms with Crippen LogP contribution in [0.4, 0.5) is 0 Å². The van der Waals surface area contributed by atoms with Gasteiger partial charge >= 0.3 is 0 Å². The monoisotopic (exact) mass is 297 g/mol. The van der Waals surface area contributed by atoms with Crippen molar-refractivity contribution in [1.29, 1.82) is 0 Å². The summed E-state index contributed by atoms with van der Waals surface area (Å²) >= 11 is 0. The molecule has 4 rings (SSSR count). The molecule has 116 valence electrons. The smallest absolute Gasteiger partial charge is 0.0710 e. The van der Waals surface area contributed by atoms with E-state index < -0.39 is 0 Å². The van der Waals surface area contributed by atoms with Crippen LogP contribution in [-0.2, 0) is 6.54 Å². The van der Waals surface area contributed by atoms with Crippen LogP contribution in [-0.4, -0.2) is 45.8 Å². The Morgan fingerprint density at radius 1 is 1.27 bits per heavy atom. The first-order valence-electron chi connectivity index (χ1n) is 8.27. The summed E-state index contributed by atoms with van der Waals surface area (Å²) in [5, 5.41) is 10.9. The summed E-state index contributed by atoms with van der Waals surface area (Å²) < 4.78 is 0. The molecule has 2 aromatic rings. The van der Waals surface area contributed by atoms with Gasteiger partial charge < -0.3 is 10.2 Å². The molecule has 0 spiro atoms. The van der Waals surface area contributed by atoms with Crippen molar-refractivity contribution in [1.82, 2.24) is 25.4 Å². The lowest BCUT2D eigenvalue weighted by molar-refractivity contribution is 0.312. The van der Waals surface area contributed by atoms with E-state index in [9.17, 15) is 0 Å². The van der Waals surface area contributed by atoms with Crippen LogP contribution in [0.2, 0.25) is 0 Å².